The summed E-state index contributed by atoms with van der Waals surface area (Å²) in [4.78, 5) is 11.9. The Morgan fingerprint density at radius 3 is 2.82 bits per heavy atom. The summed E-state index contributed by atoms with van der Waals surface area (Å²) in [5.74, 6) is 0.0457. The van der Waals surface area contributed by atoms with Gasteiger partial charge in [0, 0.05) is 11.3 Å². The average molecular weight is 258 g/mol. The average Bonchev–Trinajstić information content (AvgIpc) is 2.36. The smallest absolute Gasteiger partial charge is 0.237 e. The standard InChI is InChI=1S/C13H26N2OS/c1-3-4-7-10(14)13(16)15-11-8-5-6-9-12(11)17-2/h10-12H,3-9,14H2,1-2H3,(H,15,16)/t10-,11?,12?/m0/s1. The van der Waals surface area contributed by atoms with Crippen LogP contribution in [-0.2, 0) is 4.79 Å². The van der Waals surface area contributed by atoms with E-state index in [-0.39, 0.29) is 11.9 Å². The van der Waals surface area contributed by atoms with Crippen molar-refractivity contribution < 1.29 is 4.79 Å². The molecule has 0 aromatic carbocycles. The van der Waals surface area contributed by atoms with Crippen LogP contribution in [0.3, 0.4) is 0 Å². The lowest BCUT2D eigenvalue weighted by molar-refractivity contribution is -0.123. The Morgan fingerprint density at radius 1 is 1.47 bits per heavy atom. The number of rotatable bonds is 6. The van der Waals surface area contributed by atoms with Gasteiger partial charge in [-0.05, 0) is 25.5 Å². The molecule has 0 aromatic heterocycles. The number of hydrogen-bond acceptors (Lipinski definition) is 3. The second kappa shape index (κ2) is 7.98. The normalized spacial score (nSPS) is 26.5. The van der Waals surface area contributed by atoms with Gasteiger partial charge in [0.05, 0.1) is 6.04 Å². The van der Waals surface area contributed by atoms with Gasteiger partial charge in [-0.2, -0.15) is 11.8 Å². The molecule has 1 saturated carbocycles. The maximum Gasteiger partial charge on any atom is 0.237 e. The van der Waals surface area contributed by atoms with Crippen LogP contribution in [0.4, 0.5) is 0 Å². The van der Waals surface area contributed by atoms with E-state index in [2.05, 4.69) is 18.5 Å². The SMILES string of the molecule is CCCC[C@H](N)C(=O)NC1CCCCC1SC. The quantitative estimate of drug-likeness (QED) is 0.768. The zero-order chi connectivity index (χ0) is 12.7. The molecule has 0 saturated heterocycles. The van der Waals surface area contributed by atoms with E-state index in [1.54, 1.807) is 0 Å². The molecular weight excluding hydrogens is 232 g/mol. The fourth-order valence-electron chi connectivity index (χ4n) is 2.39. The lowest BCUT2D eigenvalue weighted by Gasteiger charge is -2.31. The van der Waals surface area contributed by atoms with Gasteiger partial charge in [0.25, 0.3) is 0 Å². The maximum atomic E-state index is 11.9. The van der Waals surface area contributed by atoms with E-state index in [0.29, 0.717) is 11.3 Å². The molecule has 0 heterocycles. The highest BCUT2D eigenvalue weighted by Gasteiger charge is 2.27. The van der Waals surface area contributed by atoms with E-state index in [9.17, 15) is 4.79 Å². The number of carbonyl (C=O) groups is 1. The highest BCUT2D eigenvalue weighted by Crippen LogP contribution is 2.27. The van der Waals surface area contributed by atoms with Crippen molar-refractivity contribution in [1.82, 2.24) is 5.32 Å². The predicted octanol–water partition coefficient (Wildman–Crippen LogP) is 2.29. The molecule has 2 unspecified atom stereocenters. The van der Waals surface area contributed by atoms with Crippen molar-refractivity contribution in [2.45, 2.75) is 69.2 Å². The highest BCUT2D eigenvalue weighted by molar-refractivity contribution is 7.99. The van der Waals surface area contributed by atoms with E-state index in [0.717, 1.165) is 25.7 Å². The number of hydrogen-bond donors (Lipinski definition) is 2. The minimum atomic E-state index is -0.320. The van der Waals surface area contributed by atoms with Crippen LogP contribution < -0.4 is 11.1 Å². The Balaban J connectivity index is 2.37. The van der Waals surface area contributed by atoms with Crippen LogP contribution in [0, 0.1) is 0 Å². The molecule has 0 aliphatic heterocycles. The summed E-state index contributed by atoms with van der Waals surface area (Å²) in [5, 5.41) is 3.72. The molecule has 0 bridgehead atoms. The van der Waals surface area contributed by atoms with E-state index >= 15 is 0 Å². The van der Waals surface area contributed by atoms with Crippen molar-refractivity contribution in [3.05, 3.63) is 0 Å². The summed E-state index contributed by atoms with van der Waals surface area (Å²) in [6, 6.07) is 0.0123. The zero-order valence-corrected chi connectivity index (χ0v) is 11.9. The third kappa shape index (κ3) is 4.88. The van der Waals surface area contributed by atoms with Crippen LogP contribution in [0.25, 0.3) is 0 Å². The number of unbranched alkanes of at least 4 members (excludes halogenated alkanes) is 1. The van der Waals surface area contributed by atoms with Crippen LogP contribution in [0.1, 0.15) is 51.9 Å². The van der Waals surface area contributed by atoms with E-state index in [1.807, 2.05) is 11.8 Å². The third-order valence-electron chi connectivity index (χ3n) is 3.54. The number of amides is 1. The molecule has 100 valence electrons. The largest absolute Gasteiger partial charge is 0.351 e. The summed E-state index contributed by atoms with van der Waals surface area (Å²) in [6.45, 7) is 2.12. The summed E-state index contributed by atoms with van der Waals surface area (Å²) in [5.41, 5.74) is 5.89. The number of carbonyl (C=O) groups excluding carboxylic acids is 1. The summed E-state index contributed by atoms with van der Waals surface area (Å²) in [6.07, 6.45) is 9.91. The van der Waals surface area contributed by atoms with Gasteiger partial charge in [-0.25, -0.2) is 0 Å². The fourth-order valence-corrected chi connectivity index (χ4v) is 3.32. The molecule has 1 aliphatic rings. The minimum Gasteiger partial charge on any atom is -0.351 e. The molecule has 1 amide bonds. The molecule has 3 atom stereocenters. The van der Waals surface area contributed by atoms with E-state index < -0.39 is 0 Å². The second-order valence-electron chi connectivity index (χ2n) is 4.92. The molecule has 1 aliphatic carbocycles. The first-order valence-corrected chi connectivity index (χ1v) is 8.06. The van der Waals surface area contributed by atoms with Crippen molar-refractivity contribution in [3.8, 4) is 0 Å². The minimum absolute atomic E-state index is 0.0457. The van der Waals surface area contributed by atoms with Gasteiger partial charge in [0.15, 0.2) is 0 Å². The molecule has 1 fully saturated rings. The first-order valence-electron chi connectivity index (χ1n) is 6.77. The predicted molar refractivity (Wildman–Crippen MR) is 75.2 cm³/mol. The van der Waals surface area contributed by atoms with Crippen LogP contribution in [-0.4, -0.2) is 29.5 Å². The first-order chi connectivity index (χ1) is 8.19. The van der Waals surface area contributed by atoms with Crippen LogP contribution in [0.2, 0.25) is 0 Å². The monoisotopic (exact) mass is 258 g/mol. The Morgan fingerprint density at radius 2 is 2.18 bits per heavy atom. The molecule has 0 aromatic rings. The summed E-state index contributed by atoms with van der Waals surface area (Å²) < 4.78 is 0. The first kappa shape index (κ1) is 14.8. The molecule has 17 heavy (non-hydrogen) atoms. The molecular formula is C13H26N2OS. The molecule has 3 nitrogen and oxygen atoms in total. The Labute approximate surface area is 109 Å². The lowest BCUT2D eigenvalue weighted by Crippen LogP contribution is -2.49. The summed E-state index contributed by atoms with van der Waals surface area (Å²) >= 11 is 1.87. The van der Waals surface area contributed by atoms with Crippen LogP contribution >= 0.6 is 11.8 Å². The highest BCUT2D eigenvalue weighted by atomic mass is 32.2. The second-order valence-corrected chi connectivity index (χ2v) is 6.00. The zero-order valence-electron chi connectivity index (χ0n) is 11.1. The van der Waals surface area contributed by atoms with Gasteiger partial charge in [0.1, 0.15) is 0 Å². The van der Waals surface area contributed by atoms with E-state index in [4.69, 9.17) is 5.73 Å². The molecule has 1 rings (SSSR count). The Bertz CT molecular complexity index is 235. The van der Waals surface area contributed by atoms with Crippen molar-refractivity contribution in [3.63, 3.8) is 0 Å². The van der Waals surface area contributed by atoms with Gasteiger partial charge in [-0.3, -0.25) is 4.79 Å². The van der Waals surface area contributed by atoms with Gasteiger partial charge in [-0.1, -0.05) is 32.6 Å². The number of nitrogens with one attached hydrogen (secondary N) is 1. The van der Waals surface area contributed by atoms with E-state index in [1.165, 1.54) is 19.3 Å². The van der Waals surface area contributed by atoms with Crippen molar-refractivity contribution >= 4 is 17.7 Å². The van der Waals surface area contributed by atoms with Gasteiger partial charge in [-0.15, -0.1) is 0 Å². The van der Waals surface area contributed by atoms with Crippen LogP contribution in [0.15, 0.2) is 0 Å². The van der Waals surface area contributed by atoms with Crippen molar-refractivity contribution in [1.29, 1.82) is 0 Å². The Hall–Kier alpha value is -0.220. The summed E-state index contributed by atoms with van der Waals surface area (Å²) in [7, 11) is 0. The van der Waals surface area contributed by atoms with Gasteiger partial charge in [0.2, 0.25) is 5.91 Å². The number of nitrogens with two attached hydrogens (primary N) is 1. The van der Waals surface area contributed by atoms with Gasteiger partial charge < -0.3 is 11.1 Å². The van der Waals surface area contributed by atoms with Crippen LogP contribution in [0.5, 0.6) is 0 Å². The maximum absolute atomic E-state index is 11.9. The van der Waals surface area contributed by atoms with Crippen molar-refractivity contribution in [2.24, 2.45) is 5.73 Å². The van der Waals surface area contributed by atoms with Gasteiger partial charge >= 0.3 is 0 Å². The molecule has 4 heteroatoms. The lowest BCUT2D eigenvalue weighted by atomic mass is 9.94. The Kier molecular flexibility index (Phi) is 6.97. The van der Waals surface area contributed by atoms with Crippen molar-refractivity contribution in [2.75, 3.05) is 6.26 Å². The molecule has 0 radical (unpaired) electrons. The molecule has 0 spiro atoms. The topological polar surface area (TPSA) is 55.1 Å². The third-order valence-corrected chi connectivity index (χ3v) is 4.71. The molecule has 3 N–H and O–H groups in total. The fraction of sp³-hybridized carbons (Fsp3) is 0.923. The number of thioether (sulfide) groups is 1.